The highest BCUT2D eigenvalue weighted by Crippen LogP contribution is 2.48. The van der Waals surface area contributed by atoms with Crippen molar-refractivity contribution < 1.29 is 30.8 Å². The largest absolute Gasteiger partial charge is 0.416 e. The average Bonchev–Trinajstić information content (AvgIpc) is 3.39. The first-order chi connectivity index (χ1) is 19.3. The van der Waals surface area contributed by atoms with E-state index in [0.717, 1.165) is 22.8 Å². The number of hydrogen-bond donors (Lipinski definition) is 2. The Bertz CT molecular complexity index is 1700. The van der Waals surface area contributed by atoms with Crippen LogP contribution >= 0.6 is 0 Å². The van der Waals surface area contributed by atoms with Crippen molar-refractivity contribution in [1.29, 1.82) is 5.41 Å². The van der Waals surface area contributed by atoms with Crippen molar-refractivity contribution in [3.8, 4) is 0 Å². The number of halogens is 4. The monoisotopic (exact) mass is 588 g/mol. The first-order valence-corrected chi connectivity index (χ1v) is 13.8. The molecule has 1 aromatic carbocycles. The van der Waals surface area contributed by atoms with Crippen LogP contribution in [0.4, 0.5) is 23.2 Å². The number of aromatic nitrogens is 3. The molecule has 1 aliphatic heterocycles. The summed E-state index contributed by atoms with van der Waals surface area (Å²) in [6.07, 6.45) is 0.00562. The molecule has 0 amide bonds. The van der Waals surface area contributed by atoms with E-state index >= 15 is 0 Å². The smallest absolute Gasteiger partial charge is 0.355 e. The summed E-state index contributed by atoms with van der Waals surface area (Å²) in [6.45, 7) is -0.390. The predicted octanol–water partition coefficient (Wildman–Crippen LogP) is 4.58. The van der Waals surface area contributed by atoms with E-state index in [2.05, 4.69) is 15.4 Å². The standard InChI is InChI=1S/C27H24F4N6O3S/c1-36-24(7-10-34-36)41(39,40)37-11-8-18-12-22(35-21-4-2-20(28)3-5-21)17(15-32)14-26(18,16-37)25(38)23-13-19(6-9-33-23)27(29,30)31/h2-7,9-10,12-13,15,32,35H,8,11,14,16H2,1H3/t26-/m0/s1. The second kappa shape index (κ2) is 10.3. The number of ketones is 1. The van der Waals surface area contributed by atoms with Gasteiger partial charge in [0.15, 0.2) is 10.8 Å². The van der Waals surface area contributed by atoms with Crippen molar-refractivity contribution in [2.75, 3.05) is 18.4 Å². The van der Waals surface area contributed by atoms with Crippen LogP contribution in [0.15, 0.2) is 82.8 Å². The van der Waals surface area contributed by atoms with Gasteiger partial charge in [-0.3, -0.25) is 14.5 Å². The van der Waals surface area contributed by atoms with E-state index in [1.165, 1.54) is 48.3 Å². The summed E-state index contributed by atoms with van der Waals surface area (Å²) in [7, 11) is -2.69. The molecular weight excluding hydrogens is 564 g/mol. The SMILES string of the molecule is Cn1nccc1S(=O)(=O)N1CCC2=CC(Nc3ccc(F)cc3)=C(C=N)C[C@]2(C(=O)c2cc(C(F)(F)F)ccn2)C1. The van der Waals surface area contributed by atoms with E-state index in [1.807, 2.05) is 0 Å². The van der Waals surface area contributed by atoms with Gasteiger partial charge in [-0.15, -0.1) is 0 Å². The molecule has 41 heavy (non-hydrogen) atoms. The van der Waals surface area contributed by atoms with Crippen LogP contribution in [0, 0.1) is 16.6 Å². The lowest BCUT2D eigenvalue weighted by Gasteiger charge is -2.45. The number of fused-ring (bicyclic) bond motifs is 1. The van der Waals surface area contributed by atoms with Gasteiger partial charge in [0.25, 0.3) is 10.0 Å². The van der Waals surface area contributed by atoms with Crippen LogP contribution < -0.4 is 5.32 Å². The molecule has 214 valence electrons. The topological polar surface area (TPSA) is 121 Å². The number of anilines is 1. The molecule has 3 aromatic rings. The number of nitrogens with one attached hydrogen (secondary N) is 2. The lowest BCUT2D eigenvalue weighted by Crippen LogP contribution is -2.52. The Morgan fingerprint density at radius 2 is 1.88 bits per heavy atom. The second-order valence-corrected chi connectivity index (χ2v) is 11.7. The molecular formula is C27H24F4N6O3S. The zero-order chi connectivity index (χ0) is 29.6. The first kappa shape index (κ1) is 28.4. The highest BCUT2D eigenvalue weighted by Gasteiger charge is 2.51. The number of allylic oxidation sites excluding steroid dienone is 2. The lowest BCUT2D eigenvalue weighted by atomic mass is 9.65. The molecule has 0 bridgehead atoms. The number of benzene rings is 1. The van der Waals surface area contributed by atoms with Gasteiger partial charge in [-0.2, -0.15) is 22.6 Å². The number of piperidine rings is 1. The van der Waals surface area contributed by atoms with E-state index in [9.17, 15) is 30.8 Å². The molecule has 9 nitrogen and oxygen atoms in total. The third kappa shape index (κ3) is 5.20. The first-order valence-electron chi connectivity index (χ1n) is 12.4. The van der Waals surface area contributed by atoms with E-state index in [1.54, 1.807) is 6.08 Å². The molecule has 0 saturated carbocycles. The summed E-state index contributed by atoms with van der Waals surface area (Å²) >= 11 is 0. The van der Waals surface area contributed by atoms with Gasteiger partial charge in [-0.25, -0.2) is 12.8 Å². The summed E-state index contributed by atoms with van der Waals surface area (Å²) in [5.41, 5.74) is -1.44. The third-order valence-electron chi connectivity index (χ3n) is 7.28. The summed E-state index contributed by atoms with van der Waals surface area (Å²) in [4.78, 5) is 18.1. The average molecular weight is 589 g/mol. The van der Waals surface area contributed by atoms with Gasteiger partial charge >= 0.3 is 6.18 Å². The second-order valence-electron chi connectivity index (χ2n) is 9.78. The van der Waals surface area contributed by atoms with Crippen LogP contribution in [-0.2, 0) is 23.2 Å². The highest BCUT2D eigenvalue weighted by atomic mass is 32.2. The van der Waals surface area contributed by atoms with E-state index < -0.39 is 44.5 Å². The lowest BCUT2D eigenvalue weighted by molar-refractivity contribution is -0.137. The molecule has 1 fully saturated rings. The van der Waals surface area contributed by atoms with Gasteiger partial charge in [0.1, 0.15) is 11.5 Å². The summed E-state index contributed by atoms with van der Waals surface area (Å²) in [6, 6.07) is 8.20. The molecule has 0 spiro atoms. The van der Waals surface area contributed by atoms with Gasteiger partial charge < -0.3 is 10.7 Å². The fourth-order valence-corrected chi connectivity index (χ4v) is 6.79. The molecule has 5 rings (SSSR count). The molecule has 1 atom stereocenters. The van der Waals surface area contributed by atoms with Gasteiger partial charge in [-0.1, -0.05) is 5.57 Å². The molecule has 2 aromatic heterocycles. The van der Waals surface area contributed by atoms with Gasteiger partial charge in [0.05, 0.1) is 17.2 Å². The van der Waals surface area contributed by atoms with Crippen molar-refractivity contribution in [3.05, 3.63) is 94.9 Å². The van der Waals surface area contributed by atoms with Crippen molar-refractivity contribution >= 4 is 27.7 Å². The number of rotatable bonds is 7. The zero-order valence-electron chi connectivity index (χ0n) is 21.6. The summed E-state index contributed by atoms with van der Waals surface area (Å²) < 4.78 is 83.4. The van der Waals surface area contributed by atoms with Gasteiger partial charge in [0.2, 0.25) is 0 Å². The van der Waals surface area contributed by atoms with Crippen LogP contribution in [0.1, 0.15) is 28.9 Å². The number of hydrogen-bond acceptors (Lipinski definition) is 7. The predicted molar refractivity (Wildman–Crippen MR) is 141 cm³/mol. The van der Waals surface area contributed by atoms with Crippen molar-refractivity contribution in [3.63, 3.8) is 0 Å². The zero-order valence-corrected chi connectivity index (χ0v) is 22.4. The minimum absolute atomic E-state index is 0.00581. The maximum absolute atomic E-state index is 14.2. The number of sulfonamides is 1. The molecule has 2 N–H and O–H groups in total. The molecule has 1 saturated heterocycles. The molecule has 1 aliphatic carbocycles. The number of alkyl halides is 3. The minimum Gasteiger partial charge on any atom is -0.355 e. The fourth-order valence-electron chi connectivity index (χ4n) is 5.19. The minimum atomic E-state index is -4.73. The molecule has 2 aliphatic rings. The van der Waals surface area contributed by atoms with Gasteiger partial charge in [-0.05, 0) is 67.0 Å². The van der Waals surface area contributed by atoms with Crippen LogP contribution in [0.25, 0.3) is 0 Å². The van der Waals surface area contributed by atoms with Crippen LogP contribution in [-0.4, -0.2) is 52.6 Å². The van der Waals surface area contributed by atoms with Crippen molar-refractivity contribution in [2.24, 2.45) is 12.5 Å². The van der Waals surface area contributed by atoms with Crippen molar-refractivity contribution in [1.82, 2.24) is 19.1 Å². The Morgan fingerprint density at radius 1 is 1.15 bits per heavy atom. The molecule has 3 heterocycles. The Hall–Kier alpha value is -4.17. The quantitative estimate of drug-likeness (QED) is 0.237. The Morgan fingerprint density at radius 3 is 2.51 bits per heavy atom. The highest BCUT2D eigenvalue weighted by molar-refractivity contribution is 7.89. The van der Waals surface area contributed by atoms with E-state index in [0.29, 0.717) is 28.6 Å². The van der Waals surface area contributed by atoms with Crippen LogP contribution in [0.3, 0.4) is 0 Å². The summed E-state index contributed by atoms with van der Waals surface area (Å²) in [5, 5.41) is 15.0. The molecule has 0 unspecified atom stereocenters. The van der Waals surface area contributed by atoms with Crippen LogP contribution in [0.5, 0.6) is 0 Å². The maximum Gasteiger partial charge on any atom is 0.416 e. The van der Waals surface area contributed by atoms with E-state index in [-0.39, 0.29) is 31.0 Å². The van der Waals surface area contributed by atoms with E-state index in [4.69, 9.17) is 5.41 Å². The molecule has 14 heteroatoms. The maximum atomic E-state index is 14.2. The molecule has 0 radical (unpaired) electrons. The summed E-state index contributed by atoms with van der Waals surface area (Å²) in [5.74, 6) is -1.24. The third-order valence-corrected chi connectivity index (χ3v) is 9.20. The Balaban J connectivity index is 1.61. The van der Waals surface area contributed by atoms with Crippen LogP contribution in [0.2, 0.25) is 0 Å². The number of carbonyl (C=O) groups is 1. The van der Waals surface area contributed by atoms with Crippen molar-refractivity contribution in [2.45, 2.75) is 24.0 Å². The Labute approximate surface area is 232 Å². The number of aryl methyl sites for hydroxylation is 1. The van der Waals surface area contributed by atoms with Gasteiger partial charge in [0, 0.05) is 43.9 Å². The number of carbonyl (C=O) groups excluding carboxylic acids is 1. The normalized spacial score (nSPS) is 19.9. The number of pyridine rings is 1. The number of nitrogens with zero attached hydrogens (tertiary/aromatic N) is 4. The number of Topliss-reactive ketones (excluding diaryl/α,β-unsaturated/α-hetero) is 1. The Kier molecular flexibility index (Phi) is 7.15. The fraction of sp³-hybridized carbons (Fsp3) is 0.259.